The Balaban J connectivity index is 1.85. The van der Waals surface area contributed by atoms with E-state index < -0.39 is 34.4 Å². The molecule has 0 saturated heterocycles. The predicted octanol–water partition coefficient (Wildman–Crippen LogP) is 0.949. The highest BCUT2D eigenvalue weighted by atomic mass is 16.5. The molecule has 3 heterocycles. The molecule has 1 spiro atoms. The van der Waals surface area contributed by atoms with E-state index in [-0.39, 0.29) is 30.2 Å². The van der Waals surface area contributed by atoms with E-state index in [4.69, 9.17) is 15.2 Å². The number of anilines is 1. The Hall–Kier alpha value is -4.60. The van der Waals surface area contributed by atoms with E-state index in [1.165, 1.54) is 0 Å². The topological polar surface area (TPSA) is 146 Å². The van der Waals surface area contributed by atoms with E-state index in [0.717, 1.165) is 4.57 Å². The largest absolute Gasteiger partial charge is 0.462 e. The summed E-state index contributed by atoms with van der Waals surface area (Å²) in [6.45, 7) is 1.55. The molecule has 2 aliphatic heterocycles. The van der Waals surface area contributed by atoms with Crippen molar-refractivity contribution in [3.63, 3.8) is 0 Å². The molecule has 10 heteroatoms. The van der Waals surface area contributed by atoms with Crippen LogP contribution in [0.25, 0.3) is 0 Å². The first-order chi connectivity index (χ1) is 16.4. The van der Waals surface area contributed by atoms with Gasteiger partial charge in [0.15, 0.2) is 0 Å². The number of H-pyrrole nitrogens is 1. The van der Waals surface area contributed by atoms with Gasteiger partial charge in [0.25, 0.3) is 5.56 Å². The Bertz CT molecular complexity index is 1490. The fraction of sp³-hybridized carbons (Fsp3) is 0.167. The number of esters is 1. The van der Waals surface area contributed by atoms with Crippen molar-refractivity contribution >= 4 is 17.6 Å². The number of hydrogen-bond acceptors (Lipinski definition) is 7. The van der Waals surface area contributed by atoms with Gasteiger partial charge < -0.3 is 20.5 Å². The van der Waals surface area contributed by atoms with Gasteiger partial charge in [0.1, 0.15) is 16.6 Å². The second-order valence-electron chi connectivity index (χ2n) is 7.82. The molecule has 34 heavy (non-hydrogen) atoms. The number of carbonyl (C=O) groups excluding carboxylic acids is 2. The monoisotopic (exact) mass is 460 g/mol. The van der Waals surface area contributed by atoms with Crippen molar-refractivity contribution in [3.05, 3.63) is 104 Å². The molecule has 0 aliphatic carbocycles. The zero-order valence-electron chi connectivity index (χ0n) is 18.1. The lowest BCUT2D eigenvalue weighted by molar-refractivity contribution is -0.140. The summed E-state index contributed by atoms with van der Waals surface area (Å²) in [6.07, 6.45) is 0. The van der Waals surface area contributed by atoms with Crippen LogP contribution in [-0.4, -0.2) is 28.0 Å². The van der Waals surface area contributed by atoms with E-state index in [1.807, 2.05) is 6.07 Å². The minimum atomic E-state index is -1.97. The second-order valence-corrected chi connectivity index (χ2v) is 7.82. The molecule has 0 bridgehead atoms. The molecule has 1 amide bonds. The quantitative estimate of drug-likeness (QED) is 0.492. The van der Waals surface area contributed by atoms with Crippen LogP contribution >= 0.6 is 0 Å². The van der Waals surface area contributed by atoms with Gasteiger partial charge in [-0.1, -0.05) is 48.5 Å². The van der Waals surface area contributed by atoms with Crippen molar-refractivity contribution in [2.75, 3.05) is 11.9 Å². The Morgan fingerprint density at radius 2 is 1.79 bits per heavy atom. The molecular weight excluding hydrogens is 440 g/mol. The van der Waals surface area contributed by atoms with Gasteiger partial charge in [-0.05, 0) is 18.6 Å². The number of benzene rings is 2. The average molecular weight is 460 g/mol. The Labute approximate surface area is 192 Å². The molecule has 172 valence electrons. The van der Waals surface area contributed by atoms with Crippen molar-refractivity contribution < 1.29 is 19.1 Å². The number of nitrogens with two attached hydrogens (primary N) is 1. The molecule has 10 nitrogen and oxygen atoms in total. The Morgan fingerprint density at radius 3 is 2.53 bits per heavy atom. The number of hydrogen-bond donors (Lipinski definition) is 3. The van der Waals surface area contributed by atoms with Crippen LogP contribution in [-0.2, 0) is 26.3 Å². The molecule has 0 fully saturated rings. The predicted molar refractivity (Wildman–Crippen MR) is 121 cm³/mol. The van der Waals surface area contributed by atoms with Crippen molar-refractivity contribution in [2.45, 2.75) is 18.9 Å². The van der Waals surface area contributed by atoms with Crippen LogP contribution in [0.3, 0.4) is 0 Å². The third-order valence-electron chi connectivity index (χ3n) is 5.94. The summed E-state index contributed by atoms with van der Waals surface area (Å²) >= 11 is 0. The first kappa shape index (κ1) is 21.3. The molecule has 5 rings (SSSR count). The highest BCUT2D eigenvalue weighted by molar-refractivity contribution is 6.17. The van der Waals surface area contributed by atoms with Crippen LogP contribution in [0.5, 0.6) is 5.88 Å². The lowest BCUT2D eigenvalue weighted by Crippen LogP contribution is -2.52. The van der Waals surface area contributed by atoms with E-state index in [9.17, 15) is 19.2 Å². The Morgan fingerprint density at radius 1 is 1.09 bits per heavy atom. The SMILES string of the molecule is CCOC(=O)C1=C(N)Oc2[nH]c(=O)n(Cc3ccccc3)c(=O)c2[C@@]12C(=O)Nc1ccccc12. The molecule has 0 unspecified atom stereocenters. The molecule has 0 saturated carbocycles. The van der Waals surface area contributed by atoms with Crippen molar-refractivity contribution in [1.29, 1.82) is 0 Å². The summed E-state index contributed by atoms with van der Waals surface area (Å²) in [7, 11) is 0. The normalized spacial score (nSPS) is 18.2. The third kappa shape index (κ3) is 2.88. The number of nitrogens with one attached hydrogen (secondary N) is 2. The van der Waals surface area contributed by atoms with Crippen LogP contribution < -0.4 is 27.0 Å². The fourth-order valence-corrected chi connectivity index (χ4v) is 4.55. The summed E-state index contributed by atoms with van der Waals surface area (Å²) in [5.41, 5.74) is 3.47. The number of nitrogens with zero attached hydrogens (tertiary/aromatic N) is 1. The van der Waals surface area contributed by atoms with Gasteiger partial charge in [-0.25, -0.2) is 9.59 Å². The molecule has 2 aliphatic rings. The van der Waals surface area contributed by atoms with E-state index in [0.29, 0.717) is 16.8 Å². The van der Waals surface area contributed by atoms with Crippen LogP contribution in [0.4, 0.5) is 5.69 Å². The first-order valence-corrected chi connectivity index (χ1v) is 10.6. The van der Waals surface area contributed by atoms with Crippen molar-refractivity contribution in [3.8, 4) is 5.88 Å². The van der Waals surface area contributed by atoms with Crippen LogP contribution in [0.15, 0.2) is 75.6 Å². The number of carbonyl (C=O) groups is 2. The van der Waals surface area contributed by atoms with E-state index >= 15 is 0 Å². The van der Waals surface area contributed by atoms with Crippen LogP contribution in [0.1, 0.15) is 23.6 Å². The molecule has 4 N–H and O–H groups in total. The maximum absolute atomic E-state index is 13.9. The second kappa shape index (κ2) is 7.77. The molecule has 0 radical (unpaired) electrons. The average Bonchev–Trinajstić information content (AvgIpc) is 3.09. The summed E-state index contributed by atoms with van der Waals surface area (Å²) in [4.78, 5) is 56.0. The van der Waals surface area contributed by atoms with E-state index in [2.05, 4.69) is 10.3 Å². The van der Waals surface area contributed by atoms with Crippen molar-refractivity contribution in [2.24, 2.45) is 5.73 Å². The van der Waals surface area contributed by atoms with Gasteiger partial charge in [0.05, 0.1) is 13.2 Å². The number of amides is 1. The lowest BCUT2D eigenvalue weighted by atomic mass is 9.69. The number of rotatable bonds is 4. The van der Waals surface area contributed by atoms with E-state index in [1.54, 1.807) is 55.5 Å². The van der Waals surface area contributed by atoms with Gasteiger partial charge in [0.2, 0.25) is 17.7 Å². The minimum absolute atomic E-state index is 0.00563. The van der Waals surface area contributed by atoms with Gasteiger partial charge in [-0.15, -0.1) is 0 Å². The Kier molecular flexibility index (Phi) is 4.85. The van der Waals surface area contributed by atoms with Gasteiger partial charge >= 0.3 is 11.7 Å². The maximum Gasteiger partial charge on any atom is 0.341 e. The fourth-order valence-electron chi connectivity index (χ4n) is 4.55. The number of aromatic amines is 1. The highest BCUT2D eigenvalue weighted by Gasteiger charge is 2.60. The summed E-state index contributed by atoms with van der Waals surface area (Å²) in [6, 6.07) is 15.5. The zero-order chi connectivity index (χ0) is 24.0. The standard InChI is InChI=1S/C24H20N4O6/c1-2-33-21(30)16-18(25)34-19-17(24(16)14-10-6-7-11-15(14)26-22(24)31)20(29)28(23(32)27-19)12-13-8-4-3-5-9-13/h3-11H,2,12,25H2,1H3,(H,26,31)(H,27,32)/t24-/m0/s1. The van der Waals surface area contributed by atoms with Gasteiger partial charge in [-0.3, -0.25) is 19.1 Å². The molecule has 2 aromatic carbocycles. The number of aromatic nitrogens is 2. The molecule has 1 atom stereocenters. The highest BCUT2D eigenvalue weighted by Crippen LogP contribution is 2.51. The third-order valence-corrected chi connectivity index (χ3v) is 5.94. The van der Waals surface area contributed by atoms with Crippen LogP contribution in [0.2, 0.25) is 0 Å². The lowest BCUT2D eigenvalue weighted by Gasteiger charge is -2.34. The maximum atomic E-state index is 13.9. The summed E-state index contributed by atoms with van der Waals surface area (Å²) < 4.78 is 11.7. The van der Waals surface area contributed by atoms with Gasteiger partial charge in [0, 0.05) is 11.3 Å². The zero-order valence-corrected chi connectivity index (χ0v) is 18.1. The number of para-hydroxylation sites is 1. The smallest absolute Gasteiger partial charge is 0.341 e. The molecular formula is C24H20N4O6. The minimum Gasteiger partial charge on any atom is -0.462 e. The number of ether oxygens (including phenoxy) is 2. The molecule has 3 aromatic rings. The van der Waals surface area contributed by atoms with Gasteiger partial charge in [-0.2, -0.15) is 0 Å². The summed E-state index contributed by atoms with van der Waals surface area (Å²) in [5, 5.41) is 2.73. The summed E-state index contributed by atoms with van der Waals surface area (Å²) in [5.74, 6) is -2.32. The van der Waals surface area contributed by atoms with Crippen LogP contribution in [0, 0.1) is 0 Å². The number of fused-ring (bicyclic) bond motifs is 4. The molecule has 1 aromatic heterocycles. The first-order valence-electron chi connectivity index (χ1n) is 10.6. The van der Waals surface area contributed by atoms with Crippen molar-refractivity contribution in [1.82, 2.24) is 9.55 Å².